The van der Waals surface area contributed by atoms with Crippen molar-refractivity contribution in [2.24, 2.45) is 5.73 Å². The molecule has 0 aromatic heterocycles. The van der Waals surface area contributed by atoms with E-state index in [0.29, 0.717) is 0 Å². The Morgan fingerprint density at radius 2 is 2.33 bits per heavy atom. The van der Waals surface area contributed by atoms with Crippen LogP contribution in [0.4, 0.5) is 0 Å². The first-order valence-electron chi connectivity index (χ1n) is 3.21. The van der Waals surface area contributed by atoms with Crippen LogP contribution in [0.1, 0.15) is 20.3 Å². The lowest BCUT2D eigenvalue weighted by Crippen LogP contribution is -2.16. The fraction of sp³-hybridized carbons (Fsp3) is 0.714. The smallest absolute Gasteiger partial charge is 0.0642 e. The van der Waals surface area contributed by atoms with E-state index in [4.69, 9.17) is 10.8 Å². The lowest BCUT2D eigenvalue weighted by Gasteiger charge is -2.05. The Labute approximate surface area is 56.4 Å². The van der Waals surface area contributed by atoms with Gasteiger partial charge in [-0.1, -0.05) is 6.08 Å². The SMILES string of the molecule is C/C=C(\CO)CC(C)N. The summed E-state index contributed by atoms with van der Waals surface area (Å²) < 4.78 is 0. The fourth-order valence-corrected chi connectivity index (χ4v) is 0.687. The monoisotopic (exact) mass is 129 g/mol. The first-order valence-corrected chi connectivity index (χ1v) is 3.21. The predicted molar refractivity (Wildman–Crippen MR) is 39.1 cm³/mol. The van der Waals surface area contributed by atoms with Crippen LogP contribution in [0.25, 0.3) is 0 Å². The molecule has 0 heterocycles. The summed E-state index contributed by atoms with van der Waals surface area (Å²) in [7, 11) is 0. The summed E-state index contributed by atoms with van der Waals surface area (Å²) in [5.41, 5.74) is 6.51. The molecule has 0 spiro atoms. The molecule has 2 nitrogen and oxygen atoms in total. The quantitative estimate of drug-likeness (QED) is 0.550. The molecule has 54 valence electrons. The van der Waals surface area contributed by atoms with Crippen molar-refractivity contribution in [3.8, 4) is 0 Å². The third kappa shape index (κ3) is 4.18. The van der Waals surface area contributed by atoms with E-state index in [1.165, 1.54) is 0 Å². The molecule has 9 heavy (non-hydrogen) atoms. The highest BCUT2D eigenvalue weighted by molar-refractivity contribution is 5.01. The van der Waals surface area contributed by atoms with Gasteiger partial charge in [-0.3, -0.25) is 0 Å². The predicted octanol–water partition coefficient (Wildman–Crippen LogP) is 0.662. The molecular formula is C7H15NO. The average Bonchev–Trinajstić information content (AvgIpc) is 1.82. The van der Waals surface area contributed by atoms with Crippen molar-refractivity contribution in [1.29, 1.82) is 0 Å². The number of hydrogen-bond acceptors (Lipinski definition) is 2. The molecule has 0 rings (SSSR count). The van der Waals surface area contributed by atoms with E-state index in [0.717, 1.165) is 12.0 Å². The maximum atomic E-state index is 8.65. The number of aliphatic hydroxyl groups is 1. The third-order valence-electron chi connectivity index (χ3n) is 1.20. The van der Waals surface area contributed by atoms with Crippen LogP contribution in [0.15, 0.2) is 11.6 Å². The zero-order valence-electron chi connectivity index (χ0n) is 6.09. The topological polar surface area (TPSA) is 46.2 Å². The van der Waals surface area contributed by atoms with Gasteiger partial charge in [0.05, 0.1) is 6.61 Å². The lowest BCUT2D eigenvalue weighted by molar-refractivity contribution is 0.324. The van der Waals surface area contributed by atoms with Gasteiger partial charge in [0.15, 0.2) is 0 Å². The minimum absolute atomic E-state index is 0.137. The van der Waals surface area contributed by atoms with Gasteiger partial charge >= 0.3 is 0 Å². The molecule has 0 aliphatic heterocycles. The Hall–Kier alpha value is -0.340. The molecular weight excluding hydrogens is 114 g/mol. The van der Waals surface area contributed by atoms with Crippen molar-refractivity contribution in [2.45, 2.75) is 26.3 Å². The molecule has 0 fully saturated rings. The highest BCUT2D eigenvalue weighted by atomic mass is 16.3. The fourth-order valence-electron chi connectivity index (χ4n) is 0.687. The minimum atomic E-state index is 0.137. The van der Waals surface area contributed by atoms with E-state index < -0.39 is 0 Å². The van der Waals surface area contributed by atoms with Crippen LogP contribution in [0, 0.1) is 0 Å². The summed E-state index contributed by atoms with van der Waals surface area (Å²) in [5, 5.41) is 8.65. The van der Waals surface area contributed by atoms with Gasteiger partial charge in [0, 0.05) is 6.04 Å². The third-order valence-corrected chi connectivity index (χ3v) is 1.20. The second kappa shape index (κ2) is 4.53. The van der Waals surface area contributed by atoms with Crippen LogP contribution in [0.3, 0.4) is 0 Å². The molecule has 0 aliphatic carbocycles. The number of nitrogens with two attached hydrogens (primary N) is 1. The molecule has 3 N–H and O–H groups in total. The molecule has 2 heteroatoms. The maximum Gasteiger partial charge on any atom is 0.0642 e. The van der Waals surface area contributed by atoms with Gasteiger partial charge in [0.25, 0.3) is 0 Å². The van der Waals surface area contributed by atoms with Crippen molar-refractivity contribution in [2.75, 3.05) is 6.61 Å². The summed E-state index contributed by atoms with van der Waals surface area (Å²) >= 11 is 0. The van der Waals surface area contributed by atoms with E-state index in [2.05, 4.69) is 0 Å². The van der Waals surface area contributed by atoms with Crippen molar-refractivity contribution in [1.82, 2.24) is 0 Å². The van der Waals surface area contributed by atoms with E-state index in [1.54, 1.807) is 0 Å². The molecule has 1 unspecified atom stereocenters. The average molecular weight is 129 g/mol. The number of allylic oxidation sites excluding steroid dienone is 1. The largest absolute Gasteiger partial charge is 0.392 e. The van der Waals surface area contributed by atoms with Crippen LogP contribution >= 0.6 is 0 Å². The van der Waals surface area contributed by atoms with Gasteiger partial charge in [-0.2, -0.15) is 0 Å². The number of hydrogen-bond donors (Lipinski definition) is 2. The Balaban J connectivity index is 3.58. The van der Waals surface area contributed by atoms with Gasteiger partial charge in [-0.05, 0) is 25.8 Å². The molecule has 0 amide bonds. The van der Waals surface area contributed by atoms with Crippen molar-refractivity contribution in [3.63, 3.8) is 0 Å². The first kappa shape index (κ1) is 8.66. The minimum Gasteiger partial charge on any atom is -0.392 e. The van der Waals surface area contributed by atoms with Gasteiger partial charge in [0.1, 0.15) is 0 Å². The van der Waals surface area contributed by atoms with Crippen molar-refractivity contribution >= 4 is 0 Å². The van der Waals surface area contributed by atoms with Gasteiger partial charge in [-0.25, -0.2) is 0 Å². The van der Waals surface area contributed by atoms with Gasteiger partial charge < -0.3 is 10.8 Å². The molecule has 1 atom stereocenters. The number of rotatable bonds is 3. The molecule has 0 saturated carbocycles. The zero-order valence-corrected chi connectivity index (χ0v) is 6.09. The summed E-state index contributed by atoms with van der Waals surface area (Å²) in [5.74, 6) is 0. The Bertz CT molecular complexity index is 97.1. The van der Waals surface area contributed by atoms with E-state index in [9.17, 15) is 0 Å². The summed E-state index contributed by atoms with van der Waals surface area (Å²) in [6.45, 7) is 3.98. The first-order chi connectivity index (χ1) is 4.20. The Morgan fingerprint density at radius 3 is 2.44 bits per heavy atom. The molecule has 0 aliphatic rings. The summed E-state index contributed by atoms with van der Waals surface area (Å²) in [4.78, 5) is 0. The van der Waals surface area contributed by atoms with Crippen molar-refractivity contribution < 1.29 is 5.11 Å². The van der Waals surface area contributed by atoms with Crippen LogP contribution in [-0.4, -0.2) is 17.8 Å². The van der Waals surface area contributed by atoms with Crippen LogP contribution in [-0.2, 0) is 0 Å². The van der Waals surface area contributed by atoms with Crippen LogP contribution in [0.5, 0.6) is 0 Å². The Morgan fingerprint density at radius 1 is 1.78 bits per heavy atom. The molecule has 0 aromatic rings. The Kier molecular flexibility index (Phi) is 4.36. The van der Waals surface area contributed by atoms with Crippen LogP contribution in [0.2, 0.25) is 0 Å². The highest BCUT2D eigenvalue weighted by Crippen LogP contribution is 2.01. The number of aliphatic hydroxyl groups excluding tert-OH is 1. The van der Waals surface area contributed by atoms with E-state index in [-0.39, 0.29) is 12.6 Å². The normalized spacial score (nSPS) is 15.8. The maximum absolute atomic E-state index is 8.65. The molecule has 0 radical (unpaired) electrons. The van der Waals surface area contributed by atoms with Gasteiger partial charge in [0.2, 0.25) is 0 Å². The van der Waals surface area contributed by atoms with E-state index in [1.807, 2.05) is 19.9 Å². The molecule has 0 aromatic carbocycles. The summed E-state index contributed by atoms with van der Waals surface area (Å²) in [6, 6.07) is 0.156. The zero-order chi connectivity index (χ0) is 7.28. The standard InChI is InChI=1S/C7H15NO/c1-3-7(5-9)4-6(2)8/h3,6,9H,4-5,8H2,1-2H3/b7-3-. The van der Waals surface area contributed by atoms with E-state index >= 15 is 0 Å². The summed E-state index contributed by atoms with van der Waals surface area (Å²) in [6.07, 6.45) is 2.70. The lowest BCUT2D eigenvalue weighted by atomic mass is 10.1. The van der Waals surface area contributed by atoms with Crippen LogP contribution < -0.4 is 5.73 Å². The molecule has 0 bridgehead atoms. The highest BCUT2D eigenvalue weighted by Gasteiger charge is 1.96. The second-order valence-electron chi connectivity index (χ2n) is 2.29. The van der Waals surface area contributed by atoms with Gasteiger partial charge in [-0.15, -0.1) is 0 Å². The van der Waals surface area contributed by atoms with Crippen molar-refractivity contribution in [3.05, 3.63) is 11.6 Å². The second-order valence-corrected chi connectivity index (χ2v) is 2.29. The molecule has 0 saturated heterocycles.